The van der Waals surface area contributed by atoms with Crippen molar-refractivity contribution in [3.8, 4) is 0 Å². The third-order valence-electron chi connectivity index (χ3n) is 3.20. The Labute approximate surface area is 107 Å². The molecule has 1 atom stereocenters. The summed E-state index contributed by atoms with van der Waals surface area (Å²) in [6.07, 6.45) is 0.557. The number of anilines is 1. The van der Waals surface area contributed by atoms with Crippen LogP contribution in [0.1, 0.15) is 18.9 Å². The zero-order valence-corrected chi connectivity index (χ0v) is 9.89. The molecule has 0 aliphatic carbocycles. The maximum atomic E-state index is 13.3. The van der Waals surface area contributed by atoms with Gasteiger partial charge in [-0.15, -0.1) is 0 Å². The molecule has 1 aromatic carbocycles. The monoisotopic (exact) mass is 262 g/mol. The Morgan fingerprint density at radius 3 is 2.95 bits per heavy atom. The van der Waals surface area contributed by atoms with Gasteiger partial charge in [0.15, 0.2) is 0 Å². The number of hydrogen-bond acceptors (Lipinski definition) is 4. The van der Waals surface area contributed by atoms with Gasteiger partial charge < -0.3 is 5.73 Å². The van der Waals surface area contributed by atoms with Crippen molar-refractivity contribution in [1.82, 2.24) is 14.9 Å². The first-order valence-electron chi connectivity index (χ1n) is 5.83. The number of aromatic nitrogens is 2. The summed E-state index contributed by atoms with van der Waals surface area (Å²) in [5.74, 6) is -1.04. The Kier molecular flexibility index (Phi) is 2.48. The van der Waals surface area contributed by atoms with E-state index in [-0.39, 0.29) is 18.3 Å². The first-order chi connectivity index (χ1) is 9.06. The third kappa shape index (κ3) is 1.83. The fourth-order valence-corrected chi connectivity index (χ4v) is 2.34. The first-order valence-corrected chi connectivity index (χ1v) is 5.83. The van der Waals surface area contributed by atoms with Gasteiger partial charge in [0.05, 0.1) is 11.0 Å². The first kappa shape index (κ1) is 11.6. The van der Waals surface area contributed by atoms with Gasteiger partial charge in [-0.25, -0.2) is 9.37 Å². The van der Waals surface area contributed by atoms with E-state index in [4.69, 9.17) is 5.73 Å². The highest BCUT2D eigenvalue weighted by molar-refractivity contribution is 6.00. The SMILES string of the molecule is Nc1nc2ccc(F)cc2n1C1CCC(=O)NC1=O. The number of nitrogens with zero attached hydrogens (tertiary/aromatic N) is 2. The largest absolute Gasteiger partial charge is 0.369 e. The van der Waals surface area contributed by atoms with Crippen LogP contribution in [0.15, 0.2) is 18.2 Å². The summed E-state index contributed by atoms with van der Waals surface area (Å²) >= 11 is 0. The van der Waals surface area contributed by atoms with Gasteiger partial charge in [-0.2, -0.15) is 0 Å². The second-order valence-electron chi connectivity index (χ2n) is 4.44. The van der Waals surface area contributed by atoms with E-state index in [0.717, 1.165) is 0 Å². The molecule has 1 saturated heterocycles. The molecule has 1 aromatic heterocycles. The van der Waals surface area contributed by atoms with E-state index in [9.17, 15) is 14.0 Å². The van der Waals surface area contributed by atoms with Crippen LogP contribution in [-0.2, 0) is 9.59 Å². The Balaban J connectivity index is 2.14. The average Bonchev–Trinajstić information content (AvgIpc) is 2.65. The fraction of sp³-hybridized carbons (Fsp3) is 0.250. The number of amides is 2. The van der Waals surface area contributed by atoms with Gasteiger partial charge in [0.1, 0.15) is 11.9 Å². The van der Waals surface area contributed by atoms with E-state index in [0.29, 0.717) is 17.5 Å². The van der Waals surface area contributed by atoms with E-state index >= 15 is 0 Å². The zero-order valence-electron chi connectivity index (χ0n) is 9.89. The Morgan fingerprint density at radius 1 is 1.42 bits per heavy atom. The molecule has 7 heteroatoms. The second-order valence-corrected chi connectivity index (χ2v) is 4.44. The molecule has 1 aliphatic heterocycles. The molecule has 0 radical (unpaired) electrons. The third-order valence-corrected chi connectivity index (χ3v) is 3.20. The van der Waals surface area contributed by atoms with Crippen molar-refractivity contribution in [2.24, 2.45) is 0 Å². The van der Waals surface area contributed by atoms with E-state index < -0.39 is 17.8 Å². The number of carbonyl (C=O) groups excluding carboxylic acids is 2. The number of nitrogens with one attached hydrogen (secondary N) is 1. The van der Waals surface area contributed by atoms with E-state index in [1.807, 2.05) is 0 Å². The molecular formula is C12H11FN4O2. The van der Waals surface area contributed by atoms with Crippen molar-refractivity contribution >= 4 is 28.8 Å². The lowest BCUT2D eigenvalue weighted by Gasteiger charge is -2.23. The lowest BCUT2D eigenvalue weighted by Crippen LogP contribution is -2.41. The summed E-state index contributed by atoms with van der Waals surface area (Å²) in [6.45, 7) is 0. The van der Waals surface area contributed by atoms with Gasteiger partial charge in [0.25, 0.3) is 0 Å². The molecule has 0 spiro atoms. The van der Waals surface area contributed by atoms with Crippen LogP contribution >= 0.6 is 0 Å². The standard InChI is InChI=1S/C12H11FN4O2/c13-6-1-2-7-9(5-6)17(12(14)15-7)8-3-4-10(18)16-11(8)19/h1-2,5,8H,3-4H2,(H2,14,15)(H,16,18,19). The topological polar surface area (TPSA) is 90.0 Å². The van der Waals surface area contributed by atoms with Crippen molar-refractivity contribution in [1.29, 1.82) is 0 Å². The van der Waals surface area contributed by atoms with Gasteiger partial charge in [-0.1, -0.05) is 0 Å². The number of nitrogens with two attached hydrogens (primary N) is 1. The number of benzene rings is 1. The number of nitrogen functional groups attached to an aromatic ring is 1. The lowest BCUT2D eigenvalue weighted by atomic mass is 10.1. The maximum Gasteiger partial charge on any atom is 0.249 e. The second kappa shape index (κ2) is 4.04. The van der Waals surface area contributed by atoms with Crippen LogP contribution in [0.3, 0.4) is 0 Å². The molecule has 0 saturated carbocycles. The minimum Gasteiger partial charge on any atom is -0.369 e. The van der Waals surface area contributed by atoms with Crippen LogP contribution in [0, 0.1) is 5.82 Å². The van der Waals surface area contributed by atoms with Gasteiger partial charge in [-0.3, -0.25) is 19.5 Å². The fourth-order valence-electron chi connectivity index (χ4n) is 2.34. The normalized spacial score (nSPS) is 19.7. The molecule has 98 valence electrons. The Bertz CT molecular complexity index is 694. The highest BCUT2D eigenvalue weighted by Gasteiger charge is 2.30. The minimum absolute atomic E-state index is 0.134. The molecule has 2 aromatic rings. The van der Waals surface area contributed by atoms with Crippen LogP contribution in [0.25, 0.3) is 11.0 Å². The number of halogens is 1. The van der Waals surface area contributed by atoms with Crippen molar-refractivity contribution in [3.05, 3.63) is 24.0 Å². The van der Waals surface area contributed by atoms with Crippen LogP contribution in [0.4, 0.5) is 10.3 Å². The maximum absolute atomic E-state index is 13.3. The van der Waals surface area contributed by atoms with Crippen molar-refractivity contribution in [2.45, 2.75) is 18.9 Å². The molecule has 2 heterocycles. The van der Waals surface area contributed by atoms with E-state index in [1.165, 1.54) is 22.8 Å². The van der Waals surface area contributed by atoms with Crippen molar-refractivity contribution in [3.63, 3.8) is 0 Å². The average molecular weight is 262 g/mol. The number of piperidine rings is 1. The molecule has 1 aliphatic rings. The number of rotatable bonds is 1. The zero-order chi connectivity index (χ0) is 13.6. The van der Waals surface area contributed by atoms with Crippen LogP contribution in [-0.4, -0.2) is 21.4 Å². The van der Waals surface area contributed by atoms with Gasteiger partial charge in [-0.05, 0) is 24.6 Å². The Hall–Kier alpha value is -2.44. The molecular weight excluding hydrogens is 251 g/mol. The van der Waals surface area contributed by atoms with Crippen LogP contribution < -0.4 is 11.1 Å². The summed E-state index contributed by atoms with van der Waals surface area (Å²) in [4.78, 5) is 27.1. The summed E-state index contributed by atoms with van der Waals surface area (Å²) in [6, 6.07) is 3.43. The Morgan fingerprint density at radius 2 is 2.21 bits per heavy atom. The predicted octanol–water partition coefficient (Wildman–Crippen LogP) is 0.735. The van der Waals surface area contributed by atoms with Crippen molar-refractivity contribution < 1.29 is 14.0 Å². The molecule has 6 nitrogen and oxygen atoms in total. The molecule has 1 unspecified atom stereocenters. The number of imidazole rings is 1. The quantitative estimate of drug-likeness (QED) is 0.741. The number of fused-ring (bicyclic) bond motifs is 1. The summed E-state index contributed by atoms with van der Waals surface area (Å²) in [7, 11) is 0. The van der Waals surface area contributed by atoms with E-state index in [2.05, 4.69) is 10.3 Å². The smallest absolute Gasteiger partial charge is 0.249 e. The number of imide groups is 1. The molecule has 19 heavy (non-hydrogen) atoms. The summed E-state index contributed by atoms with van der Waals surface area (Å²) < 4.78 is 14.8. The summed E-state index contributed by atoms with van der Waals surface area (Å²) in [5, 5.41) is 2.25. The highest BCUT2D eigenvalue weighted by atomic mass is 19.1. The molecule has 3 rings (SSSR count). The van der Waals surface area contributed by atoms with Gasteiger partial charge in [0, 0.05) is 6.42 Å². The highest BCUT2D eigenvalue weighted by Crippen LogP contribution is 2.28. The van der Waals surface area contributed by atoms with Crippen LogP contribution in [0.5, 0.6) is 0 Å². The van der Waals surface area contributed by atoms with Crippen LogP contribution in [0.2, 0.25) is 0 Å². The molecule has 2 amide bonds. The summed E-state index contributed by atoms with van der Waals surface area (Å²) in [5.41, 5.74) is 6.76. The molecule has 3 N–H and O–H groups in total. The van der Waals surface area contributed by atoms with E-state index in [1.54, 1.807) is 0 Å². The van der Waals surface area contributed by atoms with Gasteiger partial charge in [0.2, 0.25) is 17.8 Å². The molecule has 0 bridgehead atoms. The number of hydrogen-bond donors (Lipinski definition) is 2. The number of carbonyl (C=O) groups is 2. The predicted molar refractivity (Wildman–Crippen MR) is 65.5 cm³/mol. The van der Waals surface area contributed by atoms with Gasteiger partial charge >= 0.3 is 0 Å². The molecule has 1 fully saturated rings. The minimum atomic E-state index is -0.635. The van der Waals surface area contributed by atoms with Crippen molar-refractivity contribution in [2.75, 3.05) is 5.73 Å². The lowest BCUT2D eigenvalue weighted by molar-refractivity contribution is -0.135.